The molecule has 52 heavy (non-hydrogen) atoms. The highest BCUT2D eigenvalue weighted by molar-refractivity contribution is 6.43. The number of halogens is 3. The predicted molar refractivity (Wildman–Crippen MR) is 203 cm³/mol. The summed E-state index contributed by atoms with van der Waals surface area (Å²) in [6, 6.07) is 9.04. The van der Waals surface area contributed by atoms with Gasteiger partial charge in [0, 0.05) is 57.3 Å². The zero-order valence-electron chi connectivity index (χ0n) is 28.1. The van der Waals surface area contributed by atoms with E-state index in [-0.39, 0.29) is 11.8 Å². The normalized spacial score (nSPS) is 17.7. The maximum absolute atomic E-state index is 13.6. The molecule has 18 heteroatoms. The Labute approximate surface area is 313 Å². The fraction of sp³-hybridized carbons (Fsp3) is 0.294. The highest BCUT2D eigenvalue weighted by atomic mass is 35.5. The van der Waals surface area contributed by atoms with Crippen LogP contribution < -0.4 is 30.2 Å². The number of nitrogens with one attached hydrogen (secondary N) is 2. The van der Waals surface area contributed by atoms with Crippen LogP contribution >= 0.6 is 34.8 Å². The van der Waals surface area contributed by atoms with Crippen molar-refractivity contribution in [2.75, 3.05) is 84.3 Å². The predicted octanol–water partition coefficient (Wildman–Crippen LogP) is 4.47. The SMILES string of the molecule is Cc1cc(Nc2ncc3c(n2)N2CCN=C2N(c2c(Cl)cccc2Cl)C3=O)cc(Cl)c1N1CCN(C)CC1.O=C1NC2=NCCN2c2ncncc21. The monoisotopic (exact) mass is 759 g/mol. The summed E-state index contributed by atoms with van der Waals surface area (Å²) in [5.74, 6) is 2.01. The van der Waals surface area contributed by atoms with Gasteiger partial charge in [0.05, 0.1) is 39.5 Å². The molecule has 0 atom stereocenters. The molecule has 2 aromatic heterocycles. The van der Waals surface area contributed by atoms with E-state index in [1.165, 1.54) is 23.6 Å². The third-order valence-corrected chi connectivity index (χ3v) is 10.1. The number of guanidine groups is 2. The van der Waals surface area contributed by atoms with Crippen LogP contribution in [0, 0.1) is 6.92 Å². The first kappa shape index (κ1) is 34.0. The van der Waals surface area contributed by atoms with Crippen molar-refractivity contribution in [2.45, 2.75) is 6.92 Å². The van der Waals surface area contributed by atoms with Crippen LogP contribution in [0.5, 0.6) is 0 Å². The Hall–Kier alpha value is -5.09. The number of hydrogen-bond donors (Lipinski definition) is 2. The molecule has 0 radical (unpaired) electrons. The number of nitrogens with zero attached hydrogens (tertiary/aromatic N) is 11. The highest BCUT2D eigenvalue weighted by Crippen LogP contribution is 2.40. The number of carbonyl (C=O) groups excluding carboxylic acids is 2. The van der Waals surface area contributed by atoms with E-state index in [1.54, 1.807) is 18.2 Å². The minimum Gasteiger partial charge on any atom is -0.368 e. The van der Waals surface area contributed by atoms with E-state index in [9.17, 15) is 9.59 Å². The molecule has 0 unspecified atom stereocenters. The van der Waals surface area contributed by atoms with Gasteiger partial charge in [-0.2, -0.15) is 4.98 Å². The second-order valence-corrected chi connectivity index (χ2v) is 13.8. The second kappa shape index (κ2) is 13.8. The summed E-state index contributed by atoms with van der Waals surface area (Å²) in [4.78, 5) is 60.8. The molecule has 2 N–H and O–H groups in total. The number of aliphatic imine (C=N–C) groups is 2. The molecule has 9 rings (SSSR count). The molecule has 0 aliphatic carbocycles. The summed E-state index contributed by atoms with van der Waals surface area (Å²) < 4.78 is 0. The Morgan fingerprint density at radius 3 is 2.33 bits per heavy atom. The van der Waals surface area contributed by atoms with Gasteiger partial charge in [0.25, 0.3) is 11.8 Å². The van der Waals surface area contributed by atoms with Gasteiger partial charge in [0.15, 0.2) is 11.6 Å². The first-order valence-electron chi connectivity index (χ1n) is 16.6. The number of benzene rings is 2. The van der Waals surface area contributed by atoms with Gasteiger partial charge in [-0.15, -0.1) is 0 Å². The van der Waals surface area contributed by atoms with Gasteiger partial charge in [-0.05, 0) is 43.8 Å². The largest absolute Gasteiger partial charge is 0.368 e. The molecule has 0 spiro atoms. The van der Waals surface area contributed by atoms with Crippen LogP contribution in [0.3, 0.4) is 0 Å². The number of hydrogen-bond acceptors (Lipinski definition) is 13. The van der Waals surface area contributed by atoms with Crippen molar-refractivity contribution in [1.82, 2.24) is 30.2 Å². The van der Waals surface area contributed by atoms with Crippen molar-refractivity contribution in [3.8, 4) is 0 Å². The van der Waals surface area contributed by atoms with Gasteiger partial charge in [0.2, 0.25) is 17.9 Å². The molecule has 266 valence electrons. The summed E-state index contributed by atoms with van der Waals surface area (Å²) in [5, 5.41) is 7.34. The summed E-state index contributed by atoms with van der Waals surface area (Å²) in [5.41, 5.74) is 4.13. The molecule has 1 saturated heterocycles. The Morgan fingerprint density at radius 1 is 0.808 bits per heavy atom. The number of likely N-dealkylation sites (N-methyl/N-ethyl adjacent to an activating group) is 1. The number of carbonyl (C=O) groups is 2. The van der Waals surface area contributed by atoms with Gasteiger partial charge in [-0.25, -0.2) is 19.9 Å². The molecule has 2 amide bonds. The van der Waals surface area contributed by atoms with E-state index in [1.807, 2.05) is 21.9 Å². The molecule has 7 heterocycles. The Morgan fingerprint density at radius 2 is 1.56 bits per heavy atom. The topological polar surface area (TPSA) is 151 Å². The zero-order valence-corrected chi connectivity index (χ0v) is 30.4. The van der Waals surface area contributed by atoms with Crippen LogP contribution in [-0.4, -0.2) is 108 Å². The maximum Gasteiger partial charge on any atom is 0.270 e. The van der Waals surface area contributed by atoms with Crippen molar-refractivity contribution in [1.29, 1.82) is 0 Å². The number of fused-ring (bicyclic) bond motifs is 6. The molecule has 2 aromatic carbocycles. The van der Waals surface area contributed by atoms with Gasteiger partial charge < -0.3 is 15.1 Å². The van der Waals surface area contributed by atoms with Crippen LogP contribution in [0.25, 0.3) is 0 Å². The molecule has 1 fully saturated rings. The fourth-order valence-electron chi connectivity index (χ4n) is 6.73. The van der Waals surface area contributed by atoms with Crippen molar-refractivity contribution >= 4 is 93.2 Å². The zero-order chi connectivity index (χ0) is 36.1. The summed E-state index contributed by atoms with van der Waals surface area (Å²) >= 11 is 19.6. The lowest BCUT2D eigenvalue weighted by atomic mass is 10.1. The lowest BCUT2D eigenvalue weighted by Crippen LogP contribution is -2.51. The Kier molecular flexibility index (Phi) is 9.03. The number of para-hydroxylation sites is 1. The van der Waals surface area contributed by atoms with Gasteiger partial charge in [0.1, 0.15) is 17.5 Å². The minimum atomic E-state index is -0.339. The number of amides is 2. The summed E-state index contributed by atoms with van der Waals surface area (Å²) in [6.45, 7) is 8.45. The number of anilines is 6. The lowest BCUT2D eigenvalue weighted by molar-refractivity contribution is 0.0971. The van der Waals surface area contributed by atoms with E-state index in [0.29, 0.717) is 81.0 Å². The van der Waals surface area contributed by atoms with Gasteiger partial charge in [-0.1, -0.05) is 40.9 Å². The molecule has 0 bridgehead atoms. The lowest BCUT2D eigenvalue weighted by Gasteiger charge is -2.35. The fourth-order valence-corrected chi connectivity index (χ4v) is 7.68. The smallest absolute Gasteiger partial charge is 0.270 e. The number of aromatic nitrogens is 4. The molecule has 5 aliphatic rings. The first-order valence-corrected chi connectivity index (χ1v) is 17.7. The van der Waals surface area contributed by atoms with Crippen molar-refractivity contribution in [3.63, 3.8) is 0 Å². The van der Waals surface area contributed by atoms with Crippen LogP contribution in [0.4, 0.5) is 34.6 Å². The third kappa shape index (κ3) is 6.12. The van der Waals surface area contributed by atoms with E-state index < -0.39 is 0 Å². The average Bonchev–Trinajstić information content (AvgIpc) is 3.81. The standard InChI is InChI=1S/C26H25Cl3N8O.C8H7N5O/c1-15-12-16(13-20(29)21(15)35-10-8-34(2)9-11-35)32-25-31-14-17-23(33-25)36-7-6-30-26(36)37(24(17)38)22-18(27)4-3-5-19(22)28;14-7-5-3-9-4-11-6(5)13-2-1-10-8(13)12-7/h3-5,12-14H,6-11H2,1-2H3,(H,31,32,33);3-4H,1-2H2,(H,10,12,14). The van der Waals surface area contributed by atoms with Crippen LogP contribution in [0.1, 0.15) is 26.3 Å². The van der Waals surface area contributed by atoms with E-state index in [2.05, 4.69) is 59.3 Å². The van der Waals surface area contributed by atoms with E-state index in [4.69, 9.17) is 39.8 Å². The molecule has 15 nitrogen and oxygen atoms in total. The van der Waals surface area contributed by atoms with Crippen molar-refractivity contribution in [3.05, 3.63) is 80.8 Å². The average molecular weight is 761 g/mol. The number of piperazine rings is 1. The van der Waals surface area contributed by atoms with Crippen LogP contribution in [0.15, 0.2) is 59.0 Å². The molecular weight excluding hydrogens is 729 g/mol. The second-order valence-electron chi connectivity index (χ2n) is 12.6. The molecule has 5 aliphatic heterocycles. The minimum absolute atomic E-state index is 0.183. The first-order chi connectivity index (χ1) is 25.2. The van der Waals surface area contributed by atoms with Crippen molar-refractivity contribution < 1.29 is 9.59 Å². The molecule has 0 saturated carbocycles. The van der Waals surface area contributed by atoms with Gasteiger partial charge >= 0.3 is 0 Å². The van der Waals surface area contributed by atoms with Crippen molar-refractivity contribution in [2.24, 2.45) is 9.98 Å². The maximum atomic E-state index is 13.6. The third-order valence-electron chi connectivity index (χ3n) is 9.22. The summed E-state index contributed by atoms with van der Waals surface area (Å²) in [7, 11) is 2.13. The number of rotatable bonds is 4. The van der Waals surface area contributed by atoms with Crippen LogP contribution in [0.2, 0.25) is 15.1 Å². The molecule has 4 aromatic rings. The Bertz CT molecular complexity index is 2130. The quantitative estimate of drug-likeness (QED) is 0.303. The number of aryl methyl sites for hydroxylation is 1. The van der Waals surface area contributed by atoms with Crippen LogP contribution in [-0.2, 0) is 0 Å². The van der Waals surface area contributed by atoms with E-state index >= 15 is 0 Å². The molecular formula is C34H32Cl3N13O2. The van der Waals surface area contributed by atoms with Gasteiger partial charge in [-0.3, -0.25) is 34.7 Å². The highest BCUT2D eigenvalue weighted by Gasteiger charge is 2.41. The Balaban J connectivity index is 0.000000229. The summed E-state index contributed by atoms with van der Waals surface area (Å²) in [6.07, 6.45) is 4.48. The van der Waals surface area contributed by atoms with E-state index in [0.717, 1.165) is 49.7 Å².